The summed E-state index contributed by atoms with van der Waals surface area (Å²) in [5, 5.41) is 11.1. The van der Waals surface area contributed by atoms with Gasteiger partial charge in [-0.2, -0.15) is 0 Å². The summed E-state index contributed by atoms with van der Waals surface area (Å²) < 4.78 is 32.3. The molecule has 2 aliphatic rings. The fraction of sp³-hybridized carbons (Fsp3) is 0.500. The number of fused-ring (bicyclic) bond motifs is 1. The SMILES string of the molecule is Cn1c(=O)n(C2CCC(=O)NC2=O)c2ccc(C3CCN(CC(=O)O)CC3(F)F)cc21. The Bertz CT molecular complexity index is 1140. The summed E-state index contributed by atoms with van der Waals surface area (Å²) in [5.41, 5.74) is 0.724. The number of carbonyl (C=O) groups excluding carboxylic acids is 2. The number of aryl methyl sites for hydroxylation is 1. The predicted molar refractivity (Wildman–Crippen MR) is 105 cm³/mol. The molecule has 0 aliphatic carbocycles. The first kappa shape index (κ1) is 21.2. The normalized spacial score (nSPS) is 24.4. The molecule has 2 fully saturated rings. The van der Waals surface area contributed by atoms with E-state index in [9.17, 15) is 28.0 Å². The van der Waals surface area contributed by atoms with Crippen molar-refractivity contribution in [1.82, 2.24) is 19.4 Å². The number of carboxylic acid groups (broad SMARTS) is 1. The van der Waals surface area contributed by atoms with E-state index in [1.54, 1.807) is 6.07 Å². The number of carboxylic acids is 1. The Morgan fingerprint density at radius 2 is 1.97 bits per heavy atom. The maximum atomic E-state index is 14.8. The number of benzene rings is 1. The van der Waals surface area contributed by atoms with Gasteiger partial charge in [0.2, 0.25) is 11.8 Å². The number of likely N-dealkylation sites (tertiary alicyclic amines) is 1. The van der Waals surface area contributed by atoms with Crippen LogP contribution in [0.5, 0.6) is 0 Å². The van der Waals surface area contributed by atoms with Crippen molar-refractivity contribution in [3.63, 3.8) is 0 Å². The molecular weight excluding hydrogens is 414 g/mol. The molecule has 2 N–H and O–H groups in total. The Balaban J connectivity index is 1.69. The van der Waals surface area contributed by atoms with Crippen molar-refractivity contribution in [1.29, 1.82) is 0 Å². The summed E-state index contributed by atoms with van der Waals surface area (Å²) in [7, 11) is 1.50. The molecule has 166 valence electrons. The lowest BCUT2D eigenvalue weighted by Gasteiger charge is -2.37. The number of hydrogen-bond donors (Lipinski definition) is 2. The van der Waals surface area contributed by atoms with Crippen LogP contribution in [0.15, 0.2) is 23.0 Å². The third-order valence-corrected chi connectivity index (χ3v) is 6.07. The number of rotatable bonds is 4. The van der Waals surface area contributed by atoms with Crippen LogP contribution in [0.25, 0.3) is 11.0 Å². The van der Waals surface area contributed by atoms with Gasteiger partial charge in [-0.1, -0.05) is 6.07 Å². The van der Waals surface area contributed by atoms with Gasteiger partial charge in [0.15, 0.2) is 0 Å². The second-order valence-electron chi connectivity index (χ2n) is 8.13. The Labute approximate surface area is 175 Å². The number of hydrogen-bond acceptors (Lipinski definition) is 5. The summed E-state index contributed by atoms with van der Waals surface area (Å²) in [6, 6.07) is 3.76. The van der Waals surface area contributed by atoms with Crippen molar-refractivity contribution >= 4 is 28.8 Å². The second-order valence-corrected chi connectivity index (χ2v) is 8.13. The van der Waals surface area contributed by atoms with Crippen molar-refractivity contribution in [2.45, 2.75) is 37.1 Å². The molecule has 3 heterocycles. The van der Waals surface area contributed by atoms with Gasteiger partial charge in [0, 0.05) is 13.5 Å². The molecule has 11 heteroatoms. The number of nitrogens with zero attached hydrogens (tertiary/aromatic N) is 3. The molecule has 31 heavy (non-hydrogen) atoms. The van der Waals surface area contributed by atoms with Gasteiger partial charge in [0.05, 0.1) is 30.0 Å². The topological polar surface area (TPSA) is 114 Å². The lowest BCUT2D eigenvalue weighted by atomic mass is 9.86. The molecule has 2 amide bonds. The van der Waals surface area contributed by atoms with E-state index in [-0.39, 0.29) is 25.8 Å². The highest BCUT2D eigenvalue weighted by atomic mass is 19.3. The first-order valence-electron chi connectivity index (χ1n) is 9.95. The summed E-state index contributed by atoms with van der Waals surface area (Å²) in [6.07, 6.45) is 0.373. The van der Waals surface area contributed by atoms with Gasteiger partial charge in [-0.3, -0.25) is 33.7 Å². The molecule has 1 aromatic carbocycles. The van der Waals surface area contributed by atoms with E-state index in [0.717, 1.165) is 0 Å². The minimum absolute atomic E-state index is 0.0770. The van der Waals surface area contributed by atoms with Crippen molar-refractivity contribution in [3.05, 3.63) is 34.2 Å². The highest BCUT2D eigenvalue weighted by molar-refractivity contribution is 6.00. The number of imidazole rings is 1. The van der Waals surface area contributed by atoms with Crippen LogP contribution >= 0.6 is 0 Å². The summed E-state index contributed by atoms with van der Waals surface area (Å²) in [5.74, 6) is -6.36. The third-order valence-electron chi connectivity index (χ3n) is 6.07. The maximum Gasteiger partial charge on any atom is 0.329 e. The number of imide groups is 1. The standard InChI is InChI=1S/C20H22F2N4O5/c1-24-15-8-11(12-6-7-25(9-17(28)29)10-20(12,21)22)2-3-13(15)26(19(24)31)14-4-5-16(27)23-18(14)30/h2-3,8,12,14H,4-7,9-10H2,1H3,(H,28,29)(H,23,27,30). The van der Waals surface area contributed by atoms with Gasteiger partial charge < -0.3 is 5.11 Å². The Morgan fingerprint density at radius 1 is 1.23 bits per heavy atom. The summed E-state index contributed by atoms with van der Waals surface area (Å²) in [4.78, 5) is 48.6. The van der Waals surface area contributed by atoms with Crippen LogP contribution in [0.1, 0.15) is 36.8 Å². The second kappa shape index (κ2) is 7.56. The molecule has 0 bridgehead atoms. The molecule has 2 unspecified atom stereocenters. The number of aromatic nitrogens is 2. The first-order chi connectivity index (χ1) is 14.6. The van der Waals surface area contributed by atoms with Gasteiger partial charge in [-0.05, 0) is 37.1 Å². The van der Waals surface area contributed by atoms with Gasteiger partial charge in [0.1, 0.15) is 6.04 Å². The summed E-state index contributed by atoms with van der Waals surface area (Å²) >= 11 is 0. The lowest BCUT2D eigenvalue weighted by Crippen LogP contribution is -2.48. The van der Waals surface area contributed by atoms with Crippen molar-refractivity contribution in [3.8, 4) is 0 Å². The quantitative estimate of drug-likeness (QED) is 0.687. The van der Waals surface area contributed by atoms with Crippen molar-refractivity contribution in [2.24, 2.45) is 7.05 Å². The van der Waals surface area contributed by atoms with E-state index in [1.807, 2.05) is 0 Å². The fourth-order valence-electron chi connectivity index (χ4n) is 4.57. The van der Waals surface area contributed by atoms with E-state index in [4.69, 9.17) is 5.11 Å². The van der Waals surface area contributed by atoms with E-state index >= 15 is 0 Å². The summed E-state index contributed by atoms with van der Waals surface area (Å²) in [6.45, 7) is -0.871. The average molecular weight is 436 g/mol. The van der Waals surface area contributed by atoms with Gasteiger partial charge in [-0.25, -0.2) is 13.6 Å². The molecule has 2 saturated heterocycles. The molecule has 0 radical (unpaired) electrons. The molecule has 1 aromatic heterocycles. The minimum atomic E-state index is -3.13. The van der Waals surface area contributed by atoms with E-state index in [0.29, 0.717) is 16.6 Å². The Hall–Kier alpha value is -3.08. The van der Waals surface area contributed by atoms with Crippen molar-refractivity contribution in [2.75, 3.05) is 19.6 Å². The number of aliphatic carboxylic acids is 1. The molecule has 2 atom stereocenters. The van der Waals surface area contributed by atoms with Gasteiger partial charge in [-0.15, -0.1) is 0 Å². The maximum absolute atomic E-state index is 14.8. The van der Waals surface area contributed by atoms with Crippen LogP contribution in [0, 0.1) is 0 Å². The Morgan fingerprint density at radius 3 is 2.61 bits per heavy atom. The number of carbonyl (C=O) groups is 3. The third kappa shape index (κ3) is 3.73. The van der Waals surface area contributed by atoms with Crippen LogP contribution < -0.4 is 11.0 Å². The van der Waals surface area contributed by atoms with Crippen LogP contribution in [0.3, 0.4) is 0 Å². The van der Waals surface area contributed by atoms with Crippen LogP contribution in [-0.4, -0.2) is 62.5 Å². The number of alkyl halides is 2. The van der Waals surface area contributed by atoms with Crippen LogP contribution in [0.2, 0.25) is 0 Å². The highest BCUT2D eigenvalue weighted by Gasteiger charge is 2.45. The molecule has 0 saturated carbocycles. The van der Waals surface area contributed by atoms with Gasteiger partial charge in [0.25, 0.3) is 5.92 Å². The Kier molecular flexibility index (Phi) is 5.16. The largest absolute Gasteiger partial charge is 0.480 e. The molecule has 2 aromatic rings. The highest BCUT2D eigenvalue weighted by Crippen LogP contribution is 2.41. The zero-order valence-corrected chi connectivity index (χ0v) is 16.8. The molecule has 0 spiro atoms. The van der Waals surface area contributed by atoms with Gasteiger partial charge >= 0.3 is 11.7 Å². The van der Waals surface area contributed by atoms with Crippen LogP contribution in [-0.2, 0) is 21.4 Å². The zero-order valence-electron chi connectivity index (χ0n) is 16.8. The molecular formula is C20H22F2N4O5. The first-order valence-corrected chi connectivity index (χ1v) is 9.95. The molecule has 9 nitrogen and oxygen atoms in total. The number of amides is 2. The molecule has 4 rings (SSSR count). The minimum Gasteiger partial charge on any atom is -0.480 e. The smallest absolute Gasteiger partial charge is 0.329 e. The number of piperidine rings is 2. The monoisotopic (exact) mass is 436 g/mol. The number of nitrogens with one attached hydrogen (secondary N) is 1. The number of halogens is 2. The fourth-order valence-corrected chi connectivity index (χ4v) is 4.57. The lowest BCUT2D eigenvalue weighted by molar-refractivity contribution is -0.142. The van der Waals surface area contributed by atoms with E-state index < -0.39 is 54.4 Å². The van der Waals surface area contributed by atoms with Crippen LogP contribution in [0.4, 0.5) is 8.78 Å². The molecule has 2 aliphatic heterocycles. The van der Waals surface area contributed by atoms with E-state index in [1.165, 1.54) is 33.2 Å². The average Bonchev–Trinajstić information content (AvgIpc) is 2.91. The van der Waals surface area contributed by atoms with E-state index in [2.05, 4.69) is 5.32 Å². The zero-order chi connectivity index (χ0) is 22.5. The predicted octanol–water partition coefficient (Wildman–Crippen LogP) is 0.827. The van der Waals surface area contributed by atoms with Crippen molar-refractivity contribution < 1.29 is 28.3 Å².